The van der Waals surface area contributed by atoms with Crippen molar-refractivity contribution in [1.82, 2.24) is 0 Å². The summed E-state index contributed by atoms with van der Waals surface area (Å²) >= 11 is 0. The largest absolute Gasteiger partial charge is 0.489 e. The minimum Gasteiger partial charge on any atom is -0.489 e. The highest BCUT2D eigenvalue weighted by Crippen LogP contribution is 2.32. The van der Waals surface area contributed by atoms with Gasteiger partial charge in [-0.05, 0) is 53.4 Å². The van der Waals surface area contributed by atoms with Gasteiger partial charge in [-0.2, -0.15) is 0 Å². The highest BCUT2D eigenvalue weighted by atomic mass is 16.5. The number of hydrogen-bond donors (Lipinski definition) is 1. The van der Waals surface area contributed by atoms with E-state index in [1.807, 2.05) is 25.1 Å². The van der Waals surface area contributed by atoms with E-state index in [1.165, 1.54) is 10.8 Å². The second-order valence-electron chi connectivity index (χ2n) is 7.00. The molecule has 1 saturated heterocycles. The Morgan fingerprint density at radius 2 is 1.85 bits per heavy atom. The average molecular weight is 348 g/mol. The van der Waals surface area contributed by atoms with Crippen LogP contribution in [0.4, 0.5) is 0 Å². The van der Waals surface area contributed by atoms with Gasteiger partial charge in [0.15, 0.2) is 0 Å². The fourth-order valence-electron chi connectivity index (χ4n) is 3.67. The van der Waals surface area contributed by atoms with Gasteiger partial charge in [-0.25, -0.2) is 0 Å². The zero-order valence-electron chi connectivity index (χ0n) is 15.0. The van der Waals surface area contributed by atoms with Gasteiger partial charge < -0.3 is 14.6 Å². The Balaban J connectivity index is 1.48. The Morgan fingerprint density at radius 3 is 2.73 bits per heavy atom. The molecule has 3 heteroatoms. The molecule has 3 unspecified atom stereocenters. The van der Waals surface area contributed by atoms with Crippen LogP contribution in [0.3, 0.4) is 0 Å². The van der Waals surface area contributed by atoms with Crippen LogP contribution in [0.2, 0.25) is 0 Å². The number of hydrogen-bond acceptors (Lipinski definition) is 3. The van der Waals surface area contributed by atoms with E-state index in [2.05, 4.69) is 48.5 Å². The number of benzene rings is 3. The highest BCUT2D eigenvalue weighted by Gasteiger charge is 2.30. The summed E-state index contributed by atoms with van der Waals surface area (Å²) in [5.74, 6) is 0.935. The maximum atomic E-state index is 10.4. The van der Waals surface area contributed by atoms with Gasteiger partial charge in [0, 0.05) is 12.5 Å². The zero-order chi connectivity index (χ0) is 17.9. The van der Waals surface area contributed by atoms with Gasteiger partial charge in [0.25, 0.3) is 0 Å². The standard InChI is InChI=1S/C23H24O3/c1-16-23(24)22(11-12-25-16)20-7-4-8-21(14-20)26-15-17-9-10-18-5-2-3-6-19(18)13-17/h2-10,13-14,16,22-24H,11-12,15H2,1H3. The molecule has 1 aliphatic rings. The van der Waals surface area contributed by atoms with Crippen LogP contribution in [-0.2, 0) is 11.3 Å². The number of aliphatic hydroxyl groups is 1. The minimum absolute atomic E-state index is 0.1000. The Kier molecular flexibility index (Phi) is 4.91. The predicted molar refractivity (Wildman–Crippen MR) is 104 cm³/mol. The van der Waals surface area contributed by atoms with Crippen LogP contribution >= 0.6 is 0 Å². The van der Waals surface area contributed by atoms with Crippen molar-refractivity contribution in [2.45, 2.75) is 38.1 Å². The van der Waals surface area contributed by atoms with Crippen LogP contribution < -0.4 is 4.74 Å². The van der Waals surface area contributed by atoms with E-state index >= 15 is 0 Å². The quantitative estimate of drug-likeness (QED) is 0.744. The first kappa shape index (κ1) is 17.1. The molecule has 1 N–H and O–H groups in total. The van der Waals surface area contributed by atoms with E-state index in [1.54, 1.807) is 0 Å². The van der Waals surface area contributed by atoms with Gasteiger partial charge in [-0.3, -0.25) is 0 Å². The summed E-state index contributed by atoms with van der Waals surface area (Å²) in [5, 5.41) is 12.9. The third-order valence-corrected chi connectivity index (χ3v) is 5.21. The molecule has 0 amide bonds. The lowest BCUT2D eigenvalue weighted by atomic mass is 9.86. The van der Waals surface area contributed by atoms with Gasteiger partial charge in [0.2, 0.25) is 0 Å². The maximum absolute atomic E-state index is 10.4. The van der Waals surface area contributed by atoms with E-state index in [0.29, 0.717) is 13.2 Å². The molecule has 1 aliphatic heterocycles. The van der Waals surface area contributed by atoms with Crippen LogP contribution in [0, 0.1) is 0 Å². The summed E-state index contributed by atoms with van der Waals surface area (Å²) < 4.78 is 11.6. The molecule has 0 aromatic heterocycles. The van der Waals surface area contributed by atoms with E-state index in [4.69, 9.17) is 9.47 Å². The summed E-state index contributed by atoms with van der Waals surface area (Å²) in [6, 6.07) is 22.8. The Labute approximate surface area is 154 Å². The summed E-state index contributed by atoms with van der Waals surface area (Å²) in [5.41, 5.74) is 2.26. The summed E-state index contributed by atoms with van der Waals surface area (Å²) in [7, 11) is 0. The van der Waals surface area contributed by atoms with E-state index < -0.39 is 6.10 Å². The van der Waals surface area contributed by atoms with Crippen molar-refractivity contribution in [3.8, 4) is 5.75 Å². The lowest BCUT2D eigenvalue weighted by molar-refractivity contribution is -0.0761. The predicted octanol–water partition coefficient (Wildman–Crippen LogP) is 4.67. The van der Waals surface area contributed by atoms with Crippen molar-refractivity contribution >= 4 is 10.8 Å². The van der Waals surface area contributed by atoms with Crippen molar-refractivity contribution < 1.29 is 14.6 Å². The molecule has 26 heavy (non-hydrogen) atoms. The lowest BCUT2D eigenvalue weighted by Gasteiger charge is -2.33. The molecule has 3 aromatic carbocycles. The van der Waals surface area contributed by atoms with Crippen LogP contribution in [-0.4, -0.2) is 23.9 Å². The van der Waals surface area contributed by atoms with E-state index in [9.17, 15) is 5.11 Å². The fourth-order valence-corrected chi connectivity index (χ4v) is 3.67. The SMILES string of the molecule is CC1OCCC(c2cccc(OCc3ccc4ccccc4c3)c2)C1O. The molecule has 4 rings (SSSR count). The second-order valence-corrected chi connectivity index (χ2v) is 7.00. The highest BCUT2D eigenvalue weighted by molar-refractivity contribution is 5.82. The van der Waals surface area contributed by atoms with Crippen LogP contribution in [0.5, 0.6) is 5.75 Å². The Morgan fingerprint density at radius 1 is 1.00 bits per heavy atom. The number of ether oxygens (including phenoxy) is 2. The van der Waals surface area contributed by atoms with Gasteiger partial charge in [0.1, 0.15) is 12.4 Å². The molecular formula is C23H24O3. The van der Waals surface area contributed by atoms with Crippen LogP contribution in [0.15, 0.2) is 66.7 Å². The number of aliphatic hydroxyl groups excluding tert-OH is 1. The van der Waals surface area contributed by atoms with Crippen molar-refractivity contribution in [1.29, 1.82) is 0 Å². The summed E-state index contributed by atoms with van der Waals surface area (Å²) in [4.78, 5) is 0. The molecule has 0 radical (unpaired) electrons. The number of fused-ring (bicyclic) bond motifs is 1. The minimum atomic E-state index is -0.473. The monoisotopic (exact) mass is 348 g/mol. The molecule has 134 valence electrons. The van der Waals surface area contributed by atoms with Gasteiger partial charge in [-0.1, -0.05) is 48.5 Å². The molecule has 3 aromatic rings. The zero-order valence-corrected chi connectivity index (χ0v) is 15.0. The van der Waals surface area contributed by atoms with Crippen molar-refractivity contribution in [2.75, 3.05) is 6.61 Å². The van der Waals surface area contributed by atoms with E-state index in [0.717, 1.165) is 23.3 Å². The van der Waals surface area contributed by atoms with Gasteiger partial charge in [0.05, 0.1) is 12.2 Å². The normalized spacial score (nSPS) is 23.1. The molecule has 0 spiro atoms. The molecule has 0 bridgehead atoms. The fraction of sp³-hybridized carbons (Fsp3) is 0.304. The molecule has 3 atom stereocenters. The molecule has 1 heterocycles. The first-order valence-electron chi connectivity index (χ1n) is 9.21. The molecule has 1 fully saturated rings. The van der Waals surface area contributed by atoms with Crippen LogP contribution in [0.1, 0.15) is 30.4 Å². The average Bonchev–Trinajstić information content (AvgIpc) is 2.68. The third kappa shape index (κ3) is 3.59. The first-order valence-corrected chi connectivity index (χ1v) is 9.21. The number of rotatable bonds is 4. The maximum Gasteiger partial charge on any atom is 0.120 e. The van der Waals surface area contributed by atoms with E-state index in [-0.39, 0.29) is 12.0 Å². The first-order chi connectivity index (χ1) is 12.7. The second kappa shape index (κ2) is 7.48. The summed E-state index contributed by atoms with van der Waals surface area (Å²) in [6.07, 6.45) is 0.232. The van der Waals surface area contributed by atoms with Crippen LogP contribution in [0.25, 0.3) is 10.8 Å². The topological polar surface area (TPSA) is 38.7 Å². The van der Waals surface area contributed by atoms with Gasteiger partial charge in [-0.15, -0.1) is 0 Å². The summed E-state index contributed by atoms with van der Waals surface area (Å²) in [6.45, 7) is 3.14. The molecular weight excluding hydrogens is 324 g/mol. The van der Waals surface area contributed by atoms with Crippen molar-refractivity contribution in [2.24, 2.45) is 0 Å². The molecule has 0 aliphatic carbocycles. The lowest BCUT2D eigenvalue weighted by Crippen LogP contribution is -2.37. The Bertz CT molecular complexity index is 889. The van der Waals surface area contributed by atoms with Crippen molar-refractivity contribution in [3.05, 3.63) is 77.9 Å². The smallest absolute Gasteiger partial charge is 0.120 e. The third-order valence-electron chi connectivity index (χ3n) is 5.21. The van der Waals surface area contributed by atoms with Gasteiger partial charge >= 0.3 is 0 Å². The molecule has 0 saturated carbocycles. The molecule has 3 nitrogen and oxygen atoms in total. The van der Waals surface area contributed by atoms with Crippen molar-refractivity contribution in [3.63, 3.8) is 0 Å². The Hall–Kier alpha value is -2.36.